The number of hydrogen-bond donors (Lipinski definition) is 15. The first-order valence-electron chi connectivity index (χ1n) is 16.7. The van der Waals surface area contributed by atoms with Gasteiger partial charge in [0.2, 0.25) is 0 Å². The van der Waals surface area contributed by atoms with Crippen LogP contribution in [-0.4, -0.2) is 190 Å². The Balaban J connectivity index is 1.76. The van der Waals surface area contributed by atoms with Gasteiger partial charge in [0.1, 0.15) is 36.1 Å². The maximum Gasteiger partial charge on any atom is 0.250 e. The standard InChI is InChI=1S/C29H59N7O13/c1-29(45)11-46-28(22(43)25(29)34-2)49-24-16(36-26(44)20(41)19(33)17(39)6-30)5-15(32)23(21(24)42)48-27-14(31)4-3-13(47-27)7-35-8-18(40)12(9-37)10-38/h12-25,27-28,34-35,37-43,45H,3-11,30-33H2,1-2H3,(H,36,44)/t13-,14+,15-,16+,17-,18?,19-,20-,21-,22+,23+,24-,25+,27+,28+,29-/m0/s1. The molecule has 0 aromatic carbocycles. The molecular weight excluding hydrogens is 654 g/mol. The van der Waals surface area contributed by atoms with Gasteiger partial charge in [-0.05, 0) is 33.2 Å². The molecule has 2 heterocycles. The van der Waals surface area contributed by atoms with Crippen LogP contribution in [0.25, 0.3) is 0 Å². The number of nitrogens with one attached hydrogen (secondary N) is 3. The average molecular weight is 714 g/mol. The number of nitrogens with two attached hydrogens (primary N) is 4. The fourth-order valence-corrected chi connectivity index (χ4v) is 6.44. The normalized spacial score (nSPS) is 39.7. The maximum atomic E-state index is 13.0. The molecule has 20 nitrogen and oxygen atoms in total. The summed E-state index contributed by atoms with van der Waals surface area (Å²) in [5, 5.41) is 91.0. The van der Waals surface area contributed by atoms with Gasteiger partial charge >= 0.3 is 0 Å². The van der Waals surface area contributed by atoms with Gasteiger partial charge in [-0.2, -0.15) is 0 Å². The van der Waals surface area contributed by atoms with Crippen molar-refractivity contribution >= 4 is 5.91 Å². The number of aliphatic hydroxyl groups is 8. The second-order valence-corrected chi connectivity index (χ2v) is 13.5. The minimum atomic E-state index is -1.89. The van der Waals surface area contributed by atoms with Crippen LogP contribution in [0.3, 0.4) is 0 Å². The van der Waals surface area contributed by atoms with Crippen molar-refractivity contribution < 1.29 is 64.6 Å². The second-order valence-electron chi connectivity index (χ2n) is 13.5. The number of ether oxygens (including phenoxy) is 4. The Hall–Kier alpha value is -1.25. The van der Waals surface area contributed by atoms with E-state index >= 15 is 0 Å². The Kier molecular flexibility index (Phi) is 16.4. The zero-order chi connectivity index (χ0) is 36.6. The highest BCUT2D eigenvalue weighted by atomic mass is 16.7. The van der Waals surface area contributed by atoms with Crippen molar-refractivity contribution in [1.82, 2.24) is 16.0 Å². The van der Waals surface area contributed by atoms with E-state index < -0.39 is 109 Å². The van der Waals surface area contributed by atoms with Crippen molar-refractivity contribution in [3.8, 4) is 0 Å². The summed E-state index contributed by atoms with van der Waals surface area (Å²) < 4.78 is 24.0. The predicted molar refractivity (Wildman–Crippen MR) is 171 cm³/mol. The third-order valence-corrected chi connectivity index (χ3v) is 9.63. The Bertz CT molecular complexity index is 1000. The minimum absolute atomic E-state index is 0.0722. The van der Waals surface area contributed by atoms with E-state index in [2.05, 4.69) is 16.0 Å². The first kappa shape index (κ1) is 42.2. The highest BCUT2D eigenvalue weighted by Crippen LogP contribution is 2.32. The van der Waals surface area contributed by atoms with Crippen molar-refractivity contribution in [1.29, 1.82) is 0 Å². The van der Waals surface area contributed by atoms with Crippen molar-refractivity contribution in [2.24, 2.45) is 28.9 Å². The van der Waals surface area contributed by atoms with Gasteiger partial charge in [0, 0.05) is 31.6 Å². The number of carbonyl (C=O) groups is 1. The van der Waals surface area contributed by atoms with Crippen LogP contribution in [-0.2, 0) is 23.7 Å². The Morgan fingerprint density at radius 3 is 2.27 bits per heavy atom. The summed E-state index contributed by atoms with van der Waals surface area (Å²) in [5.74, 6) is -1.70. The van der Waals surface area contributed by atoms with Gasteiger partial charge in [0.15, 0.2) is 12.6 Å². The molecule has 19 N–H and O–H groups in total. The summed E-state index contributed by atoms with van der Waals surface area (Å²) in [5.41, 5.74) is 22.5. The smallest absolute Gasteiger partial charge is 0.250 e. The molecule has 3 fully saturated rings. The topological polar surface area (TPSA) is 356 Å². The highest BCUT2D eigenvalue weighted by molar-refractivity contribution is 5.81. The van der Waals surface area contributed by atoms with Gasteiger partial charge in [-0.3, -0.25) is 4.79 Å². The SMILES string of the molecule is CN[C@@H]1[C@@H](O)[C@@H](O[C@@H]2[C@@H](O)[C@H](O[C@H]3O[C@H](CNCC(O)C(CO)CO)CC[C@H]3N)[C@@H](N)C[C@H]2NC(=O)[C@@H](O)[C@@H](N)[C@@H](O)CN)OC[C@]1(C)O. The number of hydrogen-bond acceptors (Lipinski definition) is 19. The molecular formula is C29H59N7O13. The summed E-state index contributed by atoms with van der Waals surface area (Å²) in [6.07, 6.45) is -11.7. The molecule has 20 heteroatoms. The van der Waals surface area contributed by atoms with Crippen LogP contribution in [0, 0.1) is 5.92 Å². The third kappa shape index (κ3) is 10.7. The Labute approximate surface area is 285 Å². The number of amides is 1. The van der Waals surface area contributed by atoms with Crippen LogP contribution in [0.2, 0.25) is 0 Å². The van der Waals surface area contributed by atoms with Gasteiger partial charge in [0.25, 0.3) is 5.91 Å². The highest BCUT2D eigenvalue weighted by Gasteiger charge is 2.52. The number of rotatable bonds is 17. The number of aliphatic hydroxyl groups excluding tert-OH is 7. The van der Waals surface area contributed by atoms with E-state index in [1.54, 1.807) is 0 Å². The molecule has 1 amide bonds. The molecule has 288 valence electrons. The molecule has 3 aliphatic rings. The van der Waals surface area contributed by atoms with Gasteiger partial charge < -0.3 is 98.7 Å². The lowest BCUT2D eigenvalue weighted by Gasteiger charge is -2.49. The molecule has 1 aliphatic carbocycles. The molecule has 16 atom stereocenters. The summed E-state index contributed by atoms with van der Waals surface area (Å²) in [7, 11) is 1.53. The van der Waals surface area contributed by atoms with Gasteiger partial charge in [-0.1, -0.05) is 0 Å². The van der Waals surface area contributed by atoms with Crippen molar-refractivity contribution in [3.63, 3.8) is 0 Å². The quantitative estimate of drug-likeness (QED) is 0.0665. The van der Waals surface area contributed by atoms with Crippen molar-refractivity contribution in [3.05, 3.63) is 0 Å². The zero-order valence-electron chi connectivity index (χ0n) is 28.0. The van der Waals surface area contributed by atoms with E-state index in [0.29, 0.717) is 12.8 Å². The fourth-order valence-electron chi connectivity index (χ4n) is 6.44. The van der Waals surface area contributed by atoms with Gasteiger partial charge in [0.05, 0.1) is 62.3 Å². The molecule has 0 aromatic rings. The molecule has 2 aliphatic heterocycles. The van der Waals surface area contributed by atoms with E-state index in [-0.39, 0.29) is 45.9 Å². The van der Waals surface area contributed by atoms with Gasteiger partial charge in [-0.15, -0.1) is 0 Å². The van der Waals surface area contributed by atoms with Crippen molar-refractivity contribution in [2.75, 3.05) is 46.5 Å². The monoisotopic (exact) mass is 713 g/mol. The summed E-state index contributed by atoms with van der Waals surface area (Å²) in [6.45, 7) is 0.522. The van der Waals surface area contributed by atoms with Crippen LogP contribution in [0.1, 0.15) is 26.2 Å². The molecule has 2 saturated heterocycles. The molecule has 0 bridgehead atoms. The Morgan fingerprint density at radius 2 is 1.65 bits per heavy atom. The summed E-state index contributed by atoms with van der Waals surface area (Å²) in [6, 6.07) is -4.97. The fraction of sp³-hybridized carbons (Fsp3) is 0.966. The molecule has 1 unspecified atom stereocenters. The second kappa shape index (κ2) is 19.0. The van der Waals surface area contributed by atoms with E-state index in [9.17, 15) is 45.6 Å². The predicted octanol–water partition coefficient (Wildman–Crippen LogP) is -8.22. The molecule has 49 heavy (non-hydrogen) atoms. The van der Waals surface area contributed by atoms with E-state index in [1.807, 2.05) is 0 Å². The number of likely N-dealkylation sites (N-methyl/N-ethyl adjacent to an activating group) is 1. The first-order valence-corrected chi connectivity index (χ1v) is 16.7. The van der Waals surface area contributed by atoms with Crippen LogP contribution in [0.15, 0.2) is 0 Å². The largest absolute Gasteiger partial charge is 0.396 e. The van der Waals surface area contributed by atoms with E-state index in [1.165, 1.54) is 14.0 Å². The lowest BCUT2D eigenvalue weighted by molar-refractivity contribution is -0.307. The maximum absolute atomic E-state index is 13.0. The van der Waals surface area contributed by atoms with Crippen LogP contribution < -0.4 is 38.9 Å². The average Bonchev–Trinajstić information content (AvgIpc) is 3.06. The summed E-state index contributed by atoms with van der Waals surface area (Å²) >= 11 is 0. The van der Waals surface area contributed by atoms with Crippen molar-refractivity contribution in [2.45, 2.75) is 123 Å². The van der Waals surface area contributed by atoms with Crippen LogP contribution in [0.5, 0.6) is 0 Å². The molecule has 0 radical (unpaired) electrons. The van der Waals surface area contributed by atoms with Crippen LogP contribution >= 0.6 is 0 Å². The minimum Gasteiger partial charge on any atom is -0.396 e. The Morgan fingerprint density at radius 1 is 1.00 bits per heavy atom. The molecule has 3 rings (SSSR count). The van der Waals surface area contributed by atoms with E-state index in [4.69, 9.17) is 41.9 Å². The molecule has 0 spiro atoms. The third-order valence-electron chi connectivity index (χ3n) is 9.63. The molecule has 0 aromatic heterocycles. The lowest BCUT2D eigenvalue weighted by atomic mass is 9.83. The summed E-state index contributed by atoms with van der Waals surface area (Å²) in [4.78, 5) is 13.0. The zero-order valence-corrected chi connectivity index (χ0v) is 28.0. The van der Waals surface area contributed by atoms with Crippen LogP contribution in [0.4, 0.5) is 0 Å². The molecule has 1 saturated carbocycles. The number of carbonyl (C=O) groups excluding carboxylic acids is 1. The lowest BCUT2D eigenvalue weighted by Crippen LogP contribution is -2.70. The van der Waals surface area contributed by atoms with Gasteiger partial charge in [-0.25, -0.2) is 0 Å². The first-order chi connectivity index (χ1) is 23.1. The van der Waals surface area contributed by atoms with E-state index in [0.717, 1.165) is 0 Å².